The highest BCUT2D eigenvalue weighted by molar-refractivity contribution is 5.68. The molecule has 0 aromatic carbocycles. The average Bonchev–Trinajstić information content (AvgIpc) is 2.62. The highest BCUT2D eigenvalue weighted by Gasteiger charge is 2.43. The van der Waals surface area contributed by atoms with Crippen molar-refractivity contribution in [1.82, 2.24) is 4.90 Å². The van der Waals surface area contributed by atoms with Crippen LogP contribution >= 0.6 is 0 Å². The Kier molecular flexibility index (Phi) is 3.58. The van der Waals surface area contributed by atoms with Crippen LogP contribution in [0.3, 0.4) is 0 Å². The van der Waals surface area contributed by atoms with Crippen molar-refractivity contribution in [3.8, 4) is 0 Å². The molecule has 1 aliphatic heterocycles. The molecule has 104 valence electrons. The van der Waals surface area contributed by atoms with Crippen LogP contribution in [0.15, 0.2) is 0 Å². The molecule has 1 heterocycles. The molecule has 18 heavy (non-hydrogen) atoms. The number of hydrogen-bond donors (Lipinski definition) is 1. The van der Waals surface area contributed by atoms with Gasteiger partial charge in [0.15, 0.2) is 0 Å². The molecule has 1 N–H and O–H groups in total. The molecule has 0 aromatic rings. The Morgan fingerprint density at radius 1 is 1.33 bits per heavy atom. The fourth-order valence-electron chi connectivity index (χ4n) is 3.31. The summed E-state index contributed by atoms with van der Waals surface area (Å²) in [6, 6.07) is 0. The molecule has 0 bridgehead atoms. The number of amides is 1. The third-order valence-electron chi connectivity index (χ3n) is 3.94. The lowest BCUT2D eigenvalue weighted by Gasteiger charge is -2.43. The molecule has 2 fully saturated rings. The number of aliphatic hydroxyl groups excluding tert-OH is 1. The minimum Gasteiger partial charge on any atom is -0.444 e. The van der Waals surface area contributed by atoms with Gasteiger partial charge in [-0.1, -0.05) is 12.8 Å². The summed E-state index contributed by atoms with van der Waals surface area (Å²) in [4.78, 5) is 13.8. The number of hydrogen-bond acceptors (Lipinski definition) is 3. The van der Waals surface area contributed by atoms with E-state index in [0.29, 0.717) is 6.54 Å². The monoisotopic (exact) mass is 255 g/mol. The van der Waals surface area contributed by atoms with Crippen LogP contribution in [0.2, 0.25) is 0 Å². The standard InChI is InChI=1S/C14H25NO3/c1-13(2,3)18-12(17)15-9-11(16)8-14(10-15)6-4-5-7-14/h11,16H,4-10H2,1-3H3. The van der Waals surface area contributed by atoms with E-state index in [9.17, 15) is 9.90 Å². The summed E-state index contributed by atoms with van der Waals surface area (Å²) < 4.78 is 5.40. The van der Waals surface area contributed by atoms with Gasteiger partial charge in [-0.05, 0) is 45.4 Å². The van der Waals surface area contributed by atoms with Crippen molar-refractivity contribution in [2.24, 2.45) is 5.41 Å². The summed E-state index contributed by atoms with van der Waals surface area (Å²) in [6.07, 6.45) is 4.85. The van der Waals surface area contributed by atoms with Gasteiger partial charge in [0, 0.05) is 13.1 Å². The van der Waals surface area contributed by atoms with Crippen LogP contribution in [0.25, 0.3) is 0 Å². The lowest BCUT2D eigenvalue weighted by atomic mass is 9.77. The maximum Gasteiger partial charge on any atom is 0.410 e. The number of likely N-dealkylation sites (tertiary alicyclic amines) is 1. The summed E-state index contributed by atoms with van der Waals surface area (Å²) in [6.45, 7) is 6.78. The molecule has 0 aromatic heterocycles. The van der Waals surface area contributed by atoms with E-state index >= 15 is 0 Å². The molecule has 1 unspecified atom stereocenters. The molecule has 4 heteroatoms. The third kappa shape index (κ3) is 3.16. The Morgan fingerprint density at radius 2 is 1.94 bits per heavy atom. The van der Waals surface area contributed by atoms with Gasteiger partial charge >= 0.3 is 6.09 Å². The van der Waals surface area contributed by atoms with Crippen molar-refractivity contribution in [3.05, 3.63) is 0 Å². The lowest BCUT2D eigenvalue weighted by molar-refractivity contribution is -0.0305. The van der Waals surface area contributed by atoms with Gasteiger partial charge in [0.05, 0.1) is 6.10 Å². The van der Waals surface area contributed by atoms with Gasteiger partial charge < -0.3 is 14.7 Å². The number of carbonyl (C=O) groups is 1. The second-order valence-electron chi connectivity index (χ2n) is 6.93. The van der Waals surface area contributed by atoms with Gasteiger partial charge in [0.25, 0.3) is 0 Å². The van der Waals surface area contributed by atoms with E-state index < -0.39 is 11.7 Å². The Bertz CT molecular complexity index is 315. The lowest BCUT2D eigenvalue weighted by Crippen LogP contribution is -2.52. The summed E-state index contributed by atoms with van der Waals surface area (Å²) in [5.41, 5.74) is -0.323. The molecule has 1 amide bonds. The largest absolute Gasteiger partial charge is 0.444 e. The molecule has 1 atom stereocenters. The number of β-amino-alcohol motifs (C(OH)–C–C–N with tert-alkyl or cyclic N) is 1. The molecule has 4 nitrogen and oxygen atoms in total. The number of rotatable bonds is 0. The van der Waals surface area contributed by atoms with E-state index in [0.717, 1.165) is 25.8 Å². The second kappa shape index (κ2) is 4.72. The number of carbonyl (C=O) groups excluding carboxylic acids is 1. The van der Waals surface area contributed by atoms with Gasteiger partial charge in [-0.25, -0.2) is 4.79 Å². The topological polar surface area (TPSA) is 49.8 Å². The summed E-state index contributed by atoms with van der Waals surface area (Å²) in [7, 11) is 0. The van der Waals surface area contributed by atoms with Crippen molar-refractivity contribution < 1.29 is 14.6 Å². The fourth-order valence-corrected chi connectivity index (χ4v) is 3.31. The predicted molar refractivity (Wildman–Crippen MR) is 69.3 cm³/mol. The van der Waals surface area contributed by atoms with Gasteiger partial charge in [-0.15, -0.1) is 0 Å². The van der Waals surface area contributed by atoms with Gasteiger partial charge in [-0.2, -0.15) is 0 Å². The molecular weight excluding hydrogens is 230 g/mol. The highest BCUT2D eigenvalue weighted by atomic mass is 16.6. The van der Waals surface area contributed by atoms with E-state index in [1.165, 1.54) is 12.8 Å². The third-order valence-corrected chi connectivity index (χ3v) is 3.94. The summed E-state index contributed by atoms with van der Waals surface area (Å²) in [5.74, 6) is 0. The smallest absolute Gasteiger partial charge is 0.410 e. The van der Waals surface area contributed by atoms with Crippen LogP contribution in [0, 0.1) is 5.41 Å². The molecule has 1 saturated carbocycles. The number of aliphatic hydroxyl groups is 1. The Hall–Kier alpha value is -0.770. The van der Waals surface area contributed by atoms with Gasteiger partial charge in [0.2, 0.25) is 0 Å². The van der Waals surface area contributed by atoms with E-state index in [2.05, 4.69) is 0 Å². The Labute approximate surface area is 109 Å². The van der Waals surface area contributed by atoms with Crippen molar-refractivity contribution in [1.29, 1.82) is 0 Å². The zero-order valence-electron chi connectivity index (χ0n) is 11.7. The maximum absolute atomic E-state index is 12.1. The first kappa shape index (κ1) is 13.7. The minimum atomic E-state index is -0.470. The predicted octanol–water partition coefficient (Wildman–Crippen LogP) is 2.55. The van der Waals surface area contributed by atoms with Crippen LogP contribution in [-0.2, 0) is 4.74 Å². The molecule has 2 rings (SSSR count). The fraction of sp³-hybridized carbons (Fsp3) is 0.929. The molecular formula is C14H25NO3. The average molecular weight is 255 g/mol. The minimum absolute atomic E-state index is 0.147. The van der Waals surface area contributed by atoms with Crippen LogP contribution in [-0.4, -0.2) is 40.9 Å². The molecule has 1 aliphatic carbocycles. The van der Waals surface area contributed by atoms with E-state index in [-0.39, 0.29) is 11.5 Å². The van der Waals surface area contributed by atoms with Crippen molar-refractivity contribution in [2.75, 3.05) is 13.1 Å². The Balaban J connectivity index is 2.02. The number of piperidine rings is 1. The normalized spacial score (nSPS) is 27.6. The van der Waals surface area contributed by atoms with Crippen LogP contribution in [0.4, 0.5) is 4.79 Å². The zero-order valence-corrected chi connectivity index (χ0v) is 11.7. The molecule has 1 saturated heterocycles. The van der Waals surface area contributed by atoms with Crippen molar-refractivity contribution in [3.63, 3.8) is 0 Å². The van der Waals surface area contributed by atoms with E-state index in [1.807, 2.05) is 20.8 Å². The molecule has 2 aliphatic rings. The SMILES string of the molecule is CC(C)(C)OC(=O)N1CC(O)CC2(CCCC2)C1. The first-order chi connectivity index (χ1) is 8.30. The summed E-state index contributed by atoms with van der Waals surface area (Å²) >= 11 is 0. The molecule has 1 spiro atoms. The van der Waals surface area contributed by atoms with Crippen LogP contribution in [0.5, 0.6) is 0 Å². The molecule has 0 radical (unpaired) electrons. The first-order valence-electron chi connectivity index (χ1n) is 6.96. The quantitative estimate of drug-likeness (QED) is 0.723. The van der Waals surface area contributed by atoms with Crippen LogP contribution < -0.4 is 0 Å². The zero-order chi connectivity index (χ0) is 13.4. The van der Waals surface area contributed by atoms with E-state index in [4.69, 9.17) is 4.74 Å². The van der Waals surface area contributed by atoms with Gasteiger partial charge in [-0.3, -0.25) is 0 Å². The summed E-state index contributed by atoms with van der Waals surface area (Å²) in [5, 5.41) is 10.0. The Morgan fingerprint density at radius 3 is 2.50 bits per heavy atom. The number of nitrogens with zero attached hydrogens (tertiary/aromatic N) is 1. The van der Waals surface area contributed by atoms with Gasteiger partial charge in [0.1, 0.15) is 5.60 Å². The second-order valence-corrected chi connectivity index (χ2v) is 6.93. The van der Waals surface area contributed by atoms with E-state index in [1.54, 1.807) is 4.90 Å². The van der Waals surface area contributed by atoms with Crippen molar-refractivity contribution in [2.45, 2.75) is 64.6 Å². The van der Waals surface area contributed by atoms with Crippen LogP contribution in [0.1, 0.15) is 52.9 Å². The number of ether oxygens (including phenoxy) is 1. The first-order valence-corrected chi connectivity index (χ1v) is 6.96. The maximum atomic E-state index is 12.1. The van der Waals surface area contributed by atoms with Crippen molar-refractivity contribution >= 4 is 6.09 Å². The highest BCUT2D eigenvalue weighted by Crippen LogP contribution is 2.45.